The first-order chi connectivity index (χ1) is 9.60. The maximum atomic E-state index is 13.3. The summed E-state index contributed by atoms with van der Waals surface area (Å²) in [6.45, 7) is 2.21. The summed E-state index contributed by atoms with van der Waals surface area (Å²) in [7, 11) is 0. The van der Waals surface area contributed by atoms with E-state index in [1.54, 1.807) is 24.3 Å². The quantitative estimate of drug-likeness (QED) is 0.879. The number of nitrogens with one attached hydrogen (secondary N) is 1. The third-order valence-electron chi connectivity index (χ3n) is 3.26. The SMILES string of the molecule is CC(NCc1ccc(F)c(CO)c1)c1ccc(F)cc1. The van der Waals surface area contributed by atoms with E-state index in [4.69, 9.17) is 5.11 Å². The number of hydrogen-bond donors (Lipinski definition) is 2. The third kappa shape index (κ3) is 3.62. The Bertz CT molecular complexity index is 569. The maximum Gasteiger partial charge on any atom is 0.128 e. The van der Waals surface area contributed by atoms with Gasteiger partial charge in [0.05, 0.1) is 6.61 Å². The molecule has 2 N–H and O–H groups in total. The Morgan fingerprint density at radius 2 is 1.80 bits per heavy atom. The summed E-state index contributed by atoms with van der Waals surface area (Å²) >= 11 is 0. The van der Waals surface area contributed by atoms with Crippen LogP contribution in [0.15, 0.2) is 42.5 Å². The molecule has 4 heteroatoms. The summed E-state index contributed by atoms with van der Waals surface area (Å²) in [5, 5.41) is 12.3. The van der Waals surface area contributed by atoms with Crippen LogP contribution in [0.1, 0.15) is 29.7 Å². The van der Waals surface area contributed by atoms with Crippen molar-refractivity contribution < 1.29 is 13.9 Å². The van der Waals surface area contributed by atoms with Gasteiger partial charge in [-0.15, -0.1) is 0 Å². The van der Waals surface area contributed by atoms with Gasteiger partial charge in [-0.25, -0.2) is 8.78 Å². The molecule has 2 aromatic carbocycles. The van der Waals surface area contributed by atoms with Crippen molar-refractivity contribution in [1.82, 2.24) is 5.32 Å². The summed E-state index contributed by atoms with van der Waals surface area (Å²) in [6.07, 6.45) is 0. The van der Waals surface area contributed by atoms with E-state index in [1.807, 2.05) is 6.92 Å². The van der Waals surface area contributed by atoms with E-state index in [9.17, 15) is 8.78 Å². The second-order valence-corrected chi connectivity index (χ2v) is 4.74. The standard InChI is InChI=1S/C16H17F2NO/c1-11(13-3-5-15(17)6-4-13)19-9-12-2-7-16(18)14(8-12)10-20/h2-8,11,19-20H,9-10H2,1H3. The van der Waals surface area contributed by atoms with Gasteiger partial charge < -0.3 is 10.4 Å². The first-order valence-corrected chi connectivity index (χ1v) is 6.47. The lowest BCUT2D eigenvalue weighted by atomic mass is 10.1. The average Bonchev–Trinajstić information content (AvgIpc) is 2.46. The summed E-state index contributed by atoms with van der Waals surface area (Å²) in [4.78, 5) is 0. The molecule has 2 nitrogen and oxygen atoms in total. The summed E-state index contributed by atoms with van der Waals surface area (Å²) in [5.74, 6) is -0.657. The van der Waals surface area contributed by atoms with E-state index in [1.165, 1.54) is 18.2 Å². The van der Waals surface area contributed by atoms with Crippen molar-refractivity contribution >= 4 is 0 Å². The fourth-order valence-corrected chi connectivity index (χ4v) is 2.00. The fraction of sp³-hybridized carbons (Fsp3) is 0.250. The predicted molar refractivity (Wildman–Crippen MR) is 74.0 cm³/mol. The van der Waals surface area contributed by atoms with Gasteiger partial charge in [0, 0.05) is 18.2 Å². The highest BCUT2D eigenvalue weighted by molar-refractivity contribution is 5.25. The van der Waals surface area contributed by atoms with Gasteiger partial charge >= 0.3 is 0 Å². The second kappa shape index (κ2) is 6.59. The third-order valence-corrected chi connectivity index (χ3v) is 3.26. The minimum absolute atomic E-state index is 0.0539. The average molecular weight is 277 g/mol. The molecule has 0 saturated heterocycles. The molecule has 0 amide bonds. The molecule has 0 radical (unpaired) electrons. The molecule has 2 rings (SSSR count). The molecular formula is C16H17F2NO. The van der Waals surface area contributed by atoms with Crippen molar-refractivity contribution in [3.63, 3.8) is 0 Å². The lowest BCUT2D eigenvalue weighted by Gasteiger charge is -2.15. The zero-order chi connectivity index (χ0) is 14.5. The van der Waals surface area contributed by atoms with E-state index >= 15 is 0 Å². The molecule has 1 unspecified atom stereocenters. The van der Waals surface area contributed by atoms with Crippen molar-refractivity contribution in [3.8, 4) is 0 Å². The number of halogens is 2. The number of aliphatic hydroxyl groups excluding tert-OH is 1. The maximum absolute atomic E-state index is 13.3. The van der Waals surface area contributed by atoms with Crippen molar-refractivity contribution in [2.45, 2.75) is 26.1 Å². The lowest BCUT2D eigenvalue weighted by Crippen LogP contribution is -2.18. The molecule has 0 spiro atoms. The van der Waals surface area contributed by atoms with Crippen LogP contribution >= 0.6 is 0 Å². The second-order valence-electron chi connectivity index (χ2n) is 4.74. The zero-order valence-electron chi connectivity index (χ0n) is 11.2. The van der Waals surface area contributed by atoms with Gasteiger partial charge in [0.2, 0.25) is 0 Å². The largest absolute Gasteiger partial charge is 0.392 e. The van der Waals surface area contributed by atoms with Crippen molar-refractivity contribution in [1.29, 1.82) is 0 Å². The molecule has 2 aromatic rings. The fourth-order valence-electron chi connectivity index (χ4n) is 2.00. The van der Waals surface area contributed by atoms with Crippen molar-refractivity contribution in [2.24, 2.45) is 0 Å². The molecule has 1 atom stereocenters. The number of aliphatic hydroxyl groups is 1. The van der Waals surface area contributed by atoms with Gasteiger partial charge in [0.1, 0.15) is 11.6 Å². The molecular weight excluding hydrogens is 260 g/mol. The summed E-state index contributed by atoms with van der Waals surface area (Å²) in [6, 6.07) is 11.0. The number of rotatable bonds is 5. The van der Waals surface area contributed by atoms with Gasteiger partial charge in [0.25, 0.3) is 0 Å². The van der Waals surface area contributed by atoms with Crippen LogP contribution in [0, 0.1) is 11.6 Å². The van der Waals surface area contributed by atoms with Crippen LogP contribution in [0.4, 0.5) is 8.78 Å². The first-order valence-electron chi connectivity index (χ1n) is 6.47. The molecule has 0 aliphatic heterocycles. The monoisotopic (exact) mass is 277 g/mol. The molecule has 0 bridgehead atoms. The van der Waals surface area contributed by atoms with Crippen LogP contribution in [0.25, 0.3) is 0 Å². The van der Waals surface area contributed by atoms with Crippen molar-refractivity contribution in [3.05, 3.63) is 70.8 Å². The van der Waals surface area contributed by atoms with E-state index < -0.39 is 5.82 Å². The minimum atomic E-state index is -0.400. The van der Waals surface area contributed by atoms with Crippen LogP contribution in [0.3, 0.4) is 0 Å². The molecule has 0 saturated carbocycles. The summed E-state index contributed by atoms with van der Waals surface area (Å²) < 4.78 is 26.1. The summed E-state index contributed by atoms with van der Waals surface area (Å²) in [5.41, 5.74) is 2.17. The highest BCUT2D eigenvalue weighted by Crippen LogP contribution is 2.15. The zero-order valence-corrected chi connectivity index (χ0v) is 11.2. The van der Waals surface area contributed by atoms with E-state index in [2.05, 4.69) is 5.32 Å². The molecule has 0 aromatic heterocycles. The molecule has 0 heterocycles. The highest BCUT2D eigenvalue weighted by Gasteiger charge is 2.06. The van der Waals surface area contributed by atoms with Crippen LogP contribution < -0.4 is 5.32 Å². The van der Waals surface area contributed by atoms with Gasteiger partial charge in [-0.05, 0) is 42.3 Å². The molecule has 106 valence electrons. The number of hydrogen-bond acceptors (Lipinski definition) is 2. The Morgan fingerprint density at radius 1 is 1.10 bits per heavy atom. The van der Waals surface area contributed by atoms with E-state index in [0.717, 1.165) is 11.1 Å². The normalized spacial score (nSPS) is 12.4. The smallest absolute Gasteiger partial charge is 0.128 e. The van der Waals surface area contributed by atoms with Crippen molar-refractivity contribution in [2.75, 3.05) is 0 Å². The topological polar surface area (TPSA) is 32.3 Å². The van der Waals surface area contributed by atoms with Crippen LogP contribution in [0.5, 0.6) is 0 Å². The van der Waals surface area contributed by atoms with Gasteiger partial charge in [-0.2, -0.15) is 0 Å². The molecule has 20 heavy (non-hydrogen) atoms. The molecule has 0 fully saturated rings. The minimum Gasteiger partial charge on any atom is -0.392 e. The van der Waals surface area contributed by atoms with Gasteiger partial charge in [0.15, 0.2) is 0 Å². The lowest BCUT2D eigenvalue weighted by molar-refractivity contribution is 0.275. The van der Waals surface area contributed by atoms with Crippen LogP contribution in [-0.2, 0) is 13.2 Å². The van der Waals surface area contributed by atoms with E-state index in [-0.39, 0.29) is 18.5 Å². The molecule has 0 aliphatic carbocycles. The Labute approximate surface area is 117 Å². The predicted octanol–water partition coefficient (Wildman–Crippen LogP) is 3.31. The Kier molecular flexibility index (Phi) is 4.82. The van der Waals surface area contributed by atoms with Gasteiger partial charge in [-0.3, -0.25) is 0 Å². The Hall–Kier alpha value is -1.78. The Morgan fingerprint density at radius 3 is 2.45 bits per heavy atom. The molecule has 0 aliphatic rings. The number of benzene rings is 2. The first kappa shape index (κ1) is 14.6. The van der Waals surface area contributed by atoms with Gasteiger partial charge in [-0.1, -0.05) is 18.2 Å². The highest BCUT2D eigenvalue weighted by atomic mass is 19.1. The van der Waals surface area contributed by atoms with Crippen LogP contribution in [-0.4, -0.2) is 5.11 Å². The van der Waals surface area contributed by atoms with E-state index in [0.29, 0.717) is 12.1 Å². The van der Waals surface area contributed by atoms with Crippen LogP contribution in [0.2, 0.25) is 0 Å². The Balaban J connectivity index is 1.99.